The Morgan fingerprint density at radius 1 is 1.29 bits per heavy atom. The van der Waals surface area contributed by atoms with Crippen molar-refractivity contribution in [1.29, 1.82) is 0 Å². The van der Waals surface area contributed by atoms with Gasteiger partial charge in [0.15, 0.2) is 5.54 Å². The largest absolute Gasteiger partial charge is 0.506 e. The van der Waals surface area contributed by atoms with Crippen LogP contribution in [-0.2, 0) is 16.9 Å². The highest BCUT2D eigenvalue weighted by Crippen LogP contribution is 2.35. The number of nitrogens with zero attached hydrogens (tertiary/aromatic N) is 1. The van der Waals surface area contributed by atoms with Crippen LogP contribution in [-0.4, -0.2) is 42.3 Å². The van der Waals surface area contributed by atoms with Crippen molar-refractivity contribution in [2.45, 2.75) is 12.1 Å². The Hall–Kier alpha value is -2.97. The minimum atomic E-state index is -1.35. The fourth-order valence-electron chi connectivity index (χ4n) is 3.48. The number of carbonyl (C=O) groups is 2. The Morgan fingerprint density at radius 3 is 2.79 bits per heavy atom. The van der Waals surface area contributed by atoms with Crippen LogP contribution in [0.25, 0.3) is 0 Å². The summed E-state index contributed by atoms with van der Waals surface area (Å²) in [6.07, 6.45) is 0. The topological polar surface area (TPSA) is 100 Å². The number of methoxy groups -OCH3 is 1. The molecule has 146 valence electrons. The first kappa shape index (κ1) is 18.4. The van der Waals surface area contributed by atoms with Crippen LogP contribution in [0.1, 0.15) is 11.1 Å². The standard InChI is InChI=1S/C19H18ClN3O5/c1-27-13-4-2-11-8-23(10-28-16(11)7-13)9-19(17(25)21-18(26)22-19)12-3-5-15(24)14(20)6-12/h2-7,24H,8-10H2,1H3,(H2,21,22,25,26)/t19-/m0/s1. The number of hydrogen-bond donors (Lipinski definition) is 3. The van der Waals surface area contributed by atoms with Gasteiger partial charge in [-0.1, -0.05) is 23.7 Å². The van der Waals surface area contributed by atoms with Crippen molar-refractivity contribution in [3.8, 4) is 17.2 Å². The number of hydrogen-bond acceptors (Lipinski definition) is 6. The van der Waals surface area contributed by atoms with Crippen LogP contribution in [0, 0.1) is 0 Å². The Labute approximate surface area is 166 Å². The van der Waals surface area contributed by atoms with Gasteiger partial charge < -0.3 is 19.9 Å². The molecule has 0 aliphatic carbocycles. The highest BCUT2D eigenvalue weighted by molar-refractivity contribution is 6.32. The molecular weight excluding hydrogens is 386 g/mol. The van der Waals surface area contributed by atoms with Crippen molar-refractivity contribution in [3.05, 3.63) is 52.5 Å². The lowest BCUT2D eigenvalue weighted by molar-refractivity contribution is -0.125. The van der Waals surface area contributed by atoms with Crippen LogP contribution in [0.3, 0.4) is 0 Å². The van der Waals surface area contributed by atoms with Crippen molar-refractivity contribution in [1.82, 2.24) is 15.5 Å². The van der Waals surface area contributed by atoms with Crippen LogP contribution in [0.2, 0.25) is 5.02 Å². The maximum atomic E-state index is 12.7. The number of ether oxygens (including phenoxy) is 2. The number of halogens is 1. The van der Waals surface area contributed by atoms with Crippen molar-refractivity contribution in [3.63, 3.8) is 0 Å². The number of benzene rings is 2. The molecule has 2 aromatic rings. The molecule has 8 nitrogen and oxygen atoms in total. The lowest BCUT2D eigenvalue weighted by Gasteiger charge is -2.36. The molecule has 0 spiro atoms. The number of rotatable bonds is 4. The average Bonchev–Trinajstić information content (AvgIpc) is 2.97. The molecule has 3 amide bonds. The van der Waals surface area contributed by atoms with Crippen LogP contribution in [0.15, 0.2) is 36.4 Å². The van der Waals surface area contributed by atoms with Crippen molar-refractivity contribution < 1.29 is 24.2 Å². The molecule has 0 bridgehead atoms. The summed E-state index contributed by atoms with van der Waals surface area (Å²) >= 11 is 6.03. The van der Waals surface area contributed by atoms with Gasteiger partial charge in [0.2, 0.25) is 0 Å². The van der Waals surface area contributed by atoms with Gasteiger partial charge in [0.25, 0.3) is 5.91 Å². The Balaban J connectivity index is 1.64. The molecule has 0 radical (unpaired) electrons. The number of amides is 3. The second kappa shape index (κ2) is 6.88. The molecule has 9 heteroatoms. The van der Waals surface area contributed by atoms with E-state index in [0.717, 1.165) is 11.3 Å². The van der Waals surface area contributed by atoms with Crippen molar-refractivity contribution >= 4 is 23.5 Å². The normalized spacial score (nSPS) is 21.5. The lowest BCUT2D eigenvalue weighted by Crippen LogP contribution is -2.53. The van der Waals surface area contributed by atoms with E-state index < -0.39 is 17.5 Å². The maximum absolute atomic E-state index is 12.7. The first-order chi connectivity index (χ1) is 13.4. The van der Waals surface area contributed by atoms with Crippen molar-refractivity contribution in [2.75, 3.05) is 20.4 Å². The minimum Gasteiger partial charge on any atom is -0.506 e. The SMILES string of the molecule is COc1ccc2c(c1)OCN(C[C@@]1(c3ccc(O)c(Cl)c3)NC(=O)NC1=O)C2. The summed E-state index contributed by atoms with van der Waals surface area (Å²) in [7, 11) is 1.59. The summed E-state index contributed by atoms with van der Waals surface area (Å²) in [4.78, 5) is 26.5. The summed E-state index contributed by atoms with van der Waals surface area (Å²) in [5.74, 6) is 0.830. The molecule has 1 atom stereocenters. The van der Waals surface area contributed by atoms with E-state index in [9.17, 15) is 14.7 Å². The van der Waals surface area contributed by atoms with Gasteiger partial charge in [-0.25, -0.2) is 4.79 Å². The number of carbonyl (C=O) groups excluding carboxylic acids is 2. The number of aromatic hydroxyl groups is 1. The molecule has 4 rings (SSSR count). The summed E-state index contributed by atoms with van der Waals surface area (Å²) in [5.41, 5.74) is 0.0664. The average molecular weight is 404 g/mol. The Bertz CT molecular complexity index is 967. The van der Waals surface area contributed by atoms with Gasteiger partial charge in [-0.3, -0.25) is 15.0 Å². The number of urea groups is 1. The highest BCUT2D eigenvalue weighted by atomic mass is 35.5. The third-order valence-corrected chi connectivity index (χ3v) is 5.22. The van der Waals surface area contributed by atoms with Crippen LogP contribution in [0.5, 0.6) is 17.2 Å². The summed E-state index contributed by atoms with van der Waals surface area (Å²) in [5, 5.41) is 14.8. The van der Waals surface area contributed by atoms with E-state index in [1.807, 2.05) is 23.1 Å². The van der Waals surface area contributed by atoms with Gasteiger partial charge >= 0.3 is 6.03 Å². The zero-order chi connectivity index (χ0) is 19.9. The number of phenolic OH excluding ortho intramolecular Hbond substituents is 1. The molecule has 2 aromatic carbocycles. The zero-order valence-electron chi connectivity index (χ0n) is 15.0. The number of imide groups is 1. The van der Waals surface area contributed by atoms with E-state index in [1.54, 1.807) is 13.2 Å². The quantitative estimate of drug-likeness (QED) is 0.675. The van der Waals surface area contributed by atoms with E-state index in [2.05, 4.69) is 10.6 Å². The fourth-order valence-corrected chi connectivity index (χ4v) is 3.66. The van der Waals surface area contributed by atoms with Gasteiger partial charge in [0.05, 0.1) is 12.1 Å². The monoisotopic (exact) mass is 403 g/mol. The van der Waals surface area contributed by atoms with E-state index in [4.69, 9.17) is 21.1 Å². The molecular formula is C19H18ClN3O5. The van der Waals surface area contributed by atoms with Crippen molar-refractivity contribution in [2.24, 2.45) is 0 Å². The number of nitrogens with one attached hydrogen (secondary N) is 2. The fraction of sp³-hybridized carbons (Fsp3) is 0.263. The highest BCUT2D eigenvalue weighted by Gasteiger charge is 2.49. The molecule has 2 aliphatic heterocycles. The molecule has 0 aromatic heterocycles. The molecule has 2 aliphatic rings. The molecule has 2 heterocycles. The molecule has 3 N–H and O–H groups in total. The van der Waals surface area contributed by atoms with Gasteiger partial charge in [-0.2, -0.15) is 0 Å². The van der Waals surface area contributed by atoms with E-state index in [1.165, 1.54) is 12.1 Å². The van der Waals surface area contributed by atoms with Gasteiger partial charge in [-0.15, -0.1) is 0 Å². The first-order valence-electron chi connectivity index (χ1n) is 8.56. The Morgan fingerprint density at radius 2 is 2.11 bits per heavy atom. The van der Waals surface area contributed by atoms with E-state index in [0.29, 0.717) is 17.9 Å². The van der Waals surface area contributed by atoms with Crippen LogP contribution >= 0.6 is 11.6 Å². The van der Waals surface area contributed by atoms with E-state index >= 15 is 0 Å². The smallest absolute Gasteiger partial charge is 0.322 e. The van der Waals surface area contributed by atoms with Gasteiger partial charge in [0, 0.05) is 24.7 Å². The summed E-state index contributed by atoms with van der Waals surface area (Å²) in [6, 6.07) is 9.40. The third kappa shape index (κ3) is 3.10. The van der Waals surface area contributed by atoms with Gasteiger partial charge in [0.1, 0.15) is 24.0 Å². The molecule has 0 saturated carbocycles. The second-order valence-corrected chi connectivity index (χ2v) is 7.12. The molecule has 1 fully saturated rings. The maximum Gasteiger partial charge on any atom is 0.322 e. The number of phenols is 1. The lowest BCUT2D eigenvalue weighted by atomic mass is 9.89. The molecule has 1 saturated heterocycles. The Kier molecular flexibility index (Phi) is 4.52. The zero-order valence-corrected chi connectivity index (χ0v) is 15.7. The van der Waals surface area contributed by atoms with Crippen LogP contribution < -0.4 is 20.1 Å². The third-order valence-electron chi connectivity index (χ3n) is 4.91. The predicted octanol–water partition coefficient (Wildman–Crippen LogP) is 1.94. The van der Waals surface area contributed by atoms with Gasteiger partial charge in [-0.05, 0) is 23.8 Å². The summed E-state index contributed by atoms with van der Waals surface area (Å²) in [6.45, 7) is 0.921. The van der Waals surface area contributed by atoms with E-state index in [-0.39, 0.29) is 24.0 Å². The minimum absolute atomic E-state index is 0.0955. The second-order valence-electron chi connectivity index (χ2n) is 6.71. The number of fused-ring (bicyclic) bond motifs is 1. The summed E-state index contributed by atoms with van der Waals surface area (Å²) < 4.78 is 11.0. The predicted molar refractivity (Wildman–Crippen MR) is 100 cm³/mol. The molecule has 0 unspecified atom stereocenters. The molecule has 28 heavy (non-hydrogen) atoms. The first-order valence-corrected chi connectivity index (χ1v) is 8.94. The van der Waals surface area contributed by atoms with Crippen LogP contribution in [0.4, 0.5) is 4.79 Å².